The second-order valence-corrected chi connectivity index (χ2v) is 3.11. The van der Waals surface area contributed by atoms with E-state index >= 15 is 0 Å². The van der Waals surface area contributed by atoms with Crippen molar-refractivity contribution < 1.29 is 13.6 Å². The Labute approximate surface area is 76.5 Å². The summed E-state index contributed by atoms with van der Waals surface area (Å²) in [6.07, 6.45) is -2.18. The molecule has 0 aliphatic carbocycles. The van der Waals surface area contributed by atoms with Gasteiger partial charge in [0.05, 0.1) is 0 Å². The van der Waals surface area contributed by atoms with Crippen molar-refractivity contribution in [2.45, 2.75) is 6.43 Å². The number of halogens is 3. The molecule has 0 saturated heterocycles. The van der Waals surface area contributed by atoms with E-state index in [1.165, 1.54) is 18.2 Å². The molecular weight excluding hydrogens is 230 g/mol. The van der Waals surface area contributed by atoms with Gasteiger partial charge in [-0.15, -0.1) is 0 Å². The van der Waals surface area contributed by atoms with Crippen LogP contribution in [-0.2, 0) is 0 Å². The van der Waals surface area contributed by atoms with Gasteiger partial charge in [-0.2, -0.15) is 0 Å². The molecule has 0 N–H and O–H groups in total. The quantitative estimate of drug-likeness (QED) is 0.719. The molecule has 1 aromatic carbocycles. The molecule has 0 aromatic heterocycles. The Balaban J connectivity index is 3.20. The number of rotatable bonds is 2. The minimum Gasteiger partial charge on any atom is -0.298 e. The fourth-order valence-corrected chi connectivity index (χ4v) is 1.23. The topological polar surface area (TPSA) is 17.1 Å². The first-order valence-corrected chi connectivity index (χ1v) is 3.97. The molecule has 0 spiro atoms. The molecule has 0 radical (unpaired) electrons. The molecule has 0 saturated carbocycles. The first-order valence-electron chi connectivity index (χ1n) is 3.18. The highest BCUT2D eigenvalue weighted by molar-refractivity contribution is 9.10. The smallest absolute Gasteiger partial charge is 0.264 e. The molecule has 1 nitrogen and oxygen atoms in total. The third kappa shape index (κ3) is 1.88. The van der Waals surface area contributed by atoms with Crippen LogP contribution in [-0.4, -0.2) is 6.29 Å². The maximum Gasteiger partial charge on any atom is 0.264 e. The predicted octanol–water partition coefficient (Wildman–Crippen LogP) is 3.20. The summed E-state index contributed by atoms with van der Waals surface area (Å²) in [7, 11) is 0. The zero-order chi connectivity index (χ0) is 9.14. The summed E-state index contributed by atoms with van der Waals surface area (Å²) in [6, 6.07) is 4.08. The highest BCUT2D eigenvalue weighted by atomic mass is 79.9. The Morgan fingerprint density at radius 1 is 1.42 bits per heavy atom. The Morgan fingerprint density at radius 2 is 2.08 bits per heavy atom. The maximum absolute atomic E-state index is 12.2. The molecule has 0 amide bonds. The highest BCUT2D eigenvalue weighted by Gasteiger charge is 2.11. The van der Waals surface area contributed by atoms with Gasteiger partial charge >= 0.3 is 0 Å². The van der Waals surface area contributed by atoms with Crippen molar-refractivity contribution in [3.8, 4) is 0 Å². The average Bonchev–Trinajstić information content (AvgIpc) is 2.03. The van der Waals surface area contributed by atoms with Crippen LogP contribution in [0.3, 0.4) is 0 Å². The molecule has 1 rings (SSSR count). The number of hydrogen-bond acceptors (Lipinski definition) is 1. The van der Waals surface area contributed by atoms with Gasteiger partial charge in [-0.05, 0) is 12.1 Å². The molecular formula is C8H5BrF2O. The number of alkyl halides is 2. The molecule has 0 aliphatic rings. The van der Waals surface area contributed by atoms with E-state index in [4.69, 9.17) is 0 Å². The second-order valence-electron chi connectivity index (χ2n) is 2.19. The number of benzene rings is 1. The van der Waals surface area contributed by atoms with E-state index in [2.05, 4.69) is 15.9 Å². The lowest BCUT2D eigenvalue weighted by Crippen LogP contribution is -1.92. The summed E-state index contributed by atoms with van der Waals surface area (Å²) in [6.45, 7) is 0. The van der Waals surface area contributed by atoms with Gasteiger partial charge < -0.3 is 0 Å². The van der Waals surface area contributed by atoms with Gasteiger partial charge in [-0.3, -0.25) is 4.79 Å². The zero-order valence-corrected chi connectivity index (χ0v) is 7.51. The molecule has 0 aliphatic heterocycles. The summed E-state index contributed by atoms with van der Waals surface area (Å²) in [5.41, 5.74) is -0.201. The van der Waals surface area contributed by atoms with E-state index in [9.17, 15) is 13.6 Å². The Morgan fingerprint density at radius 3 is 2.58 bits per heavy atom. The average molecular weight is 235 g/mol. The zero-order valence-electron chi connectivity index (χ0n) is 5.93. The first-order chi connectivity index (χ1) is 5.65. The lowest BCUT2D eigenvalue weighted by atomic mass is 10.1. The van der Waals surface area contributed by atoms with E-state index < -0.39 is 6.43 Å². The van der Waals surface area contributed by atoms with Gasteiger partial charge in [0.25, 0.3) is 6.43 Å². The van der Waals surface area contributed by atoms with Gasteiger partial charge in [-0.1, -0.05) is 22.0 Å². The number of aldehydes is 1. The summed E-state index contributed by atoms with van der Waals surface area (Å²) in [4.78, 5) is 10.3. The van der Waals surface area contributed by atoms with Crippen molar-refractivity contribution in [2.24, 2.45) is 0 Å². The summed E-state index contributed by atoms with van der Waals surface area (Å²) >= 11 is 3.08. The van der Waals surface area contributed by atoms with Crippen molar-refractivity contribution in [3.63, 3.8) is 0 Å². The molecule has 4 heteroatoms. The van der Waals surface area contributed by atoms with Gasteiger partial charge in [0.2, 0.25) is 0 Å². The SMILES string of the molecule is O=Cc1cc(Br)ccc1C(F)F. The van der Waals surface area contributed by atoms with Crippen LogP contribution in [0.25, 0.3) is 0 Å². The number of carbonyl (C=O) groups is 1. The molecule has 12 heavy (non-hydrogen) atoms. The van der Waals surface area contributed by atoms with Crippen LogP contribution in [0.1, 0.15) is 22.3 Å². The lowest BCUT2D eigenvalue weighted by Gasteiger charge is -2.02. The standard InChI is InChI=1S/C8H5BrF2O/c9-6-1-2-7(8(10)11)5(3-6)4-12/h1-4,8H. The predicted molar refractivity (Wildman–Crippen MR) is 44.5 cm³/mol. The first kappa shape index (κ1) is 9.32. The fraction of sp³-hybridized carbons (Fsp3) is 0.125. The normalized spacial score (nSPS) is 10.3. The lowest BCUT2D eigenvalue weighted by molar-refractivity contribution is 0.110. The molecule has 0 heterocycles. The Kier molecular flexibility index (Phi) is 2.92. The summed E-state index contributed by atoms with van der Waals surface area (Å²) in [5, 5.41) is 0. The van der Waals surface area contributed by atoms with Crippen LogP contribution in [0.15, 0.2) is 22.7 Å². The molecule has 64 valence electrons. The van der Waals surface area contributed by atoms with Crippen molar-refractivity contribution in [2.75, 3.05) is 0 Å². The highest BCUT2D eigenvalue weighted by Crippen LogP contribution is 2.24. The van der Waals surface area contributed by atoms with Crippen molar-refractivity contribution in [3.05, 3.63) is 33.8 Å². The van der Waals surface area contributed by atoms with E-state index in [1.807, 2.05) is 0 Å². The van der Waals surface area contributed by atoms with Crippen LogP contribution in [0.4, 0.5) is 8.78 Å². The monoisotopic (exact) mass is 234 g/mol. The summed E-state index contributed by atoms with van der Waals surface area (Å²) < 4.78 is 25.0. The van der Waals surface area contributed by atoms with E-state index in [1.54, 1.807) is 0 Å². The molecule has 0 unspecified atom stereocenters. The minimum atomic E-state index is -2.60. The van der Waals surface area contributed by atoms with Crippen LogP contribution in [0.5, 0.6) is 0 Å². The Bertz CT molecular complexity index is 299. The molecule has 0 bridgehead atoms. The van der Waals surface area contributed by atoms with Crippen LogP contribution >= 0.6 is 15.9 Å². The van der Waals surface area contributed by atoms with Crippen molar-refractivity contribution in [1.29, 1.82) is 0 Å². The third-order valence-electron chi connectivity index (χ3n) is 1.41. The van der Waals surface area contributed by atoms with E-state index in [0.717, 1.165) is 0 Å². The number of carbonyl (C=O) groups excluding carboxylic acids is 1. The minimum absolute atomic E-state index is 0.0272. The van der Waals surface area contributed by atoms with E-state index in [-0.39, 0.29) is 11.1 Å². The third-order valence-corrected chi connectivity index (χ3v) is 1.90. The fourth-order valence-electron chi connectivity index (χ4n) is 0.846. The van der Waals surface area contributed by atoms with Crippen LogP contribution < -0.4 is 0 Å². The second kappa shape index (κ2) is 3.76. The van der Waals surface area contributed by atoms with Gasteiger partial charge in [-0.25, -0.2) is 8.78 Å². The maximum atomic E-state index is 12.2. The largest absolute Gasteiger partial charge is 0.298 e. The van der Waals surface area contributed by atoms with E-state index in [0.29, 0.717) is 10.8 Å². The van der Waals surface area contributed by atoms with Crippen LogP contribution in [0.2, 0.25) is 0 Å². The molecule has 0 atom stereocenters. The van der Waals surface area contributed by atoms with Crippen molar-refractivity contribution >= 4 is 22.2 Å². The van der Waals surface area contributed by atoms with Crippen LogP contribution in [0, 0.1) is 0 Å². The van der Waals surface area contributed by atoms with Gasteiger partial charge in [0.15, 0.2) is 6.29 Å². The van der Waals surface area contributed by atoms with Gasteiger partial charge in [0.1, 0.15) is 0 Å². The van der Waals surface area contributed by atoms with Crippen molar-refractivity contribution in [1.82, 2.24) is 0 Å². The molecule has 1 aromatic rings. The number of hydrogen-bond donors (Lipinski definition) is 0. The summed E-state index contributed by atoms with van der Waals surface area (Å²) in [5.74, 6) is 0. The Hall–Kier alpha value is -0.770. The van der Waals surface area contributed by atoms with Gasteiger partial charge in [0, 0.05) is 15.6 Å². The molecule has 0 fully saturated rings.